The van der Waals surface area contributed by atoms with Gasteiger partial charge < -0.3 is 0 Å². The summed E-state index contributed by atoms with van der Waals surface area (Å²) in [5.41, 5.74) is 0.426. The molecule has 0 fully saturated rings. The third-order valence-corrected chi connectivity index (χ3v) is 2.77. The van der Waals surface area contributed by atoms with E-state index in [2.05, 4.69) is 36.8 Å². The minimum absolute atomic E-state index is 0.426. The number of rotatable bonds is 1. The Labute approximate surface area is 74.9 Å². The molecule has 1 aromatic heterocycles. The quantitative estimate of drug-likeness (QED) is 0.730. The smallest absolute Gasteiger partial charge is 0.168 e. The topological polar surface area (TPSA) is 30.0 Å². The molecule has 1 rings (SSSR count). The molecule has 4 heteroatoms. The Morgan fingerprint density at radius 1 is 1.40 bits per heavy atom. The van der Waals surface area contributed by atoms with Gasteiger partial charge in [-0.25, -0.2) is 0 Å². The first kappa shape index (κ1) is 7.88. The van der Waals surface area contributed by atoms with E-state index >= 15 is 0 Å². The van der Waals surface area contributed by atoms with Crippen molar-refractivity contribution in [1.29, 1.82) is 0 Å². The Kier molecular flexibility index (Phi) is 2.56. The van der Waals surface area contributed by atoms with Crippen LogP contribution in [-0.2, 0) is 0 Å². The first-order valence-electron chi connectivity index (χ1n) is 2.50. The van der Waals surface area contributed by atoms with Crippen molar-refractivity contribution in [2.45, 2.75) is 0 Å². The zero-order valence-electron chi connectivity index (χ0n) is 4.84. The highest BCUT2D eigenvalue weighted by Gasteiger charge is 1.97. The number of hydrogen-bond donors (Lipinski definition) is 0. The van der Waals surface area contributed by atoms with Crippen LogP contribution in [0.3, 0.4) is 0 Å². The lowest BCUT2D eigenvalue weighted by molar-refractivity contribution is 0.111. The molecular weight excluding hydrogens is 262 g/mol. The molecule has 0 atom stereocenters. The van der Waals surface area contributed by atoms with Crippen LogP contribution in [0.5, 0.6) is 0 Å². The normalized spacial score (nSPS) is 9.40. The van der Waals surface area contributed by atoms with E-state index in [-0.39, 0.29) is 0 Å². The molecule has 1 aromatic rings. The van der Waals surface area contributed by atoms with Gasteiger partial charge >= 0.3 is 0 Å². The number of nitrogens with zero attached hydrogens (tertiary/aromatic N) is 1. The maximum atomic E-state index is 10.2. The standard InChI is InChI=1S/C6H3Br2NO/c7-5-1-4(3-10)9-2-6(5)8/h1-3H. The molecule has 0 aromatic carbocycles. The average Bonchev–Trinajstić information content (AvgIpc) is 1.95. The number of carbonyl (C=O) groups excluding carboxylic acids is 1. The van der Waals surface area contributed by atoms with Gasteiger partial charge in [0.05, 0.1) is 4.47 Å². The molecule has 0 aliphatic heterocycles. The first-order valence-corrected chi connectivity index (χ1v) is 4.09. The van der Waals surface area contributed by atoms with Crippen molar-refractivity contribution in [1.82, 2.24) is 4.98 Å². The summed E-state index contributed by atoms with van der Waals surface area (Å²) in [7, 11) is 0. The van der Waals surface area contributed by atoms with Gasteiger partial charge in [0.2, 0.25) is 0 Å². The number of hydrogen-bond acceptors (Lipinski definition) is 2. The molecule has 1 heterocycles. The van der Waals surface area contributed by atoms with E-state index in [1.807, 2.05) is 0 Å². The minimum atomic E-state index is 0.426. The van der Waals surface area contributed by atoms with Crippen LogP contribution in [-0.4, -0.2) is 11.3 Å². The lowest BCUT2D eigenvalue weighted by atomic mass is 10.4. The maximum Gasteiger partial charge on any atom is 0.168 e. The summed E-state index contributed by atoms with van der Waals surface area (Å²) in [6, 6.07) is 1.65. The van der Waals surface area contributed by atoms with Gasteiger partial charge in [-0.05, 0) is 37.9 Å². The van der Waals surface area contributed by atoms with Crippen molar-refractivity contribution < 1.29 is 4.79 Å². The van der Waals surface area contributed by atoms with E-state index in [0.29, 0.717) is 12.0 Å². The summed E-state index contributed by atoms with van der Waals surface area (Å²) in [5.74, 6) is 0. The summed E-state index contributed by atoms with van der Waals surface area (Å²) < 4.78 is 1.68. The minimum Gasteiger partial charge on any atom is -0.296 e. The molecule has 0 radical (unpaired) electrons. The monoisotopic (exact) mass is 263 g/mol. The van der Waals surface area contributed by atoms with E-state index in [0.717, 1.165) is 8.95 Å². The van der Waals surface area contributed by atoms with Gasteiger partial charge in [0.15, 0.2) is 6.29 Å². The third kappa shape index (κ3) is 1.64. The summed E-state index contributed by atoms with van der Waals surface area (Å²) in [6.45, 7) is 0. The highest BCUT2D eigenvalue weighted by molar-refractivity contribution is 9.13. The fourth-order valence-corrected chi connectivity index (χ4v) is 1.05. The maximum absolute atomic E-state index is 10.2. The van der Waals surface area contributed by atoms with Crippen LogP contribution in [0.1, 0.15) is 10.5 Å². The largest absolute Gasteiger partial charge is 0.296 e. The van der Waals surface area contributed by atoms with Crippen LogP contribution in [0.4, 0.5) is 0 Å². The molecule has 0 saturated carbocycles. The number of aldehydes is 1. The van der Waals surface area contributed by atoms with E-state index in [9.17, 15) is 4.79 Å². The number of carbonyl (C=O) groups is 1. The number of aromatic nitrogens is 1. The fourth-order valence-electron chi connectivity index (χ4n) is 0.493. The van der Waals surface area contributed by atoms with Crippen molar-refractivity contribution in [3.8, 4) is 0 Å². The molecule has 0 aliphatic carbocycles. The molecule has 0 N–H and O–H groups in total. The van der Waals surface area contributed by atoms with Gasteiger partial charge in [-0.1, -0.05) is 0 Å². The van der Waals surface area contributed by atoms with Crippen LogP contribution in [0.25, 0.3) is 0 Å². The Morgan fingerprint density at radius 2 is 2.10 bits per heavy atom. The van der Waals surface area contributed by atoms with Crippen LogP contribution < -0.4 is 0 Å². The number of halogens is 2. The molecule has 0 amide bonds. The van der Waals surface area contributed by atoms with Gasteiger partial charge in [0, 0.05) is 10.7 Å². The van der Waals surface area contributed by atoms with Gasteiger partial charge in [-0.2, -0.15) is 0 Å². The Hall–Kier alpha value is -0.220. The molecular formula is C6H3Br2NO. The molecule has 0 bridgehead atoms. The van der Waals surface area contributed by atoms with Crippen LogP contribution in [0, 0.1) is 0 Å². The van der Waals surface area contributed by atoms with Gasteiger partial charge in [-0.15, -0.1) is 0 Å². The Balaban J connectivity index is 3.16. The molecule has 52 valence electrons. The van der Waals surface area contributed by atoms with Crippen molar-refractivity contribution >= 4 is 38.1 Å². The zero-order chi connectivity index (χ0) is 7.56. The predicted molar refractivity (Wildman–Crippen MR) is 45.0 cm³/mol. The fraction of sp³-hybridized carbons (Fsp3) is 0. The van der Waals surface area contributed by atoms with Crippen LogP contribution >= 0.6 is 31.9 Å². The summed E-state index contributed by atoms with van der Waals surface area (Å²) in [4.78, 5) is 14.0. The second-order valence-corrected chi connectivity index (χ2v) is 3.35. The van der Waals surface area contributed by atoms with Crippen LogP contribution in [0.15, 0.2) is 21.2 Å². The van der Waals surface area contributed by atoms with Gasteiger partial charge in [0.25, 0.3) is 0 Å². The predicted octanol–water partition coefficient (Wildman–Crippen LogP) is 2.42. The molecule has 0 saturated heterocycles. The lowest BCUT2D eigenvalue weighted by Crippen LogP contribution is -1.85. The van der Waals surface area contributed by atoms with E-state index in [1.165, 1.54) is 0 Å². The second kappa shape index (κ2) is 3.25. The van der Waals surface area contributed by atoms with E-state index in [1.54, 1.807) is 12.3 Å². The Bertz CT molecular complexity index is 262. The highest BCUT2D eigenvalue weighted by atomic mass is 79.9. The third-order valence-electron chi connectivity index (χ3n) is 0.950. The van der Waals surface area contributed by atoms with Crippen LogP contribution in [0.2, 0.25) is 0 Å². The summed E-state index contributed by atoms with van der Waals surface area (Å²) in [5, 5.41) is 0. The SMILES string of the molecule is O=Cc1cc(Br)c(Br)cn1. The molecule has 0 unspecified atom stereocenters. The highest BCUT2D eigenvalue weighted by Crippen LogP contribution is 2.21. The van der Waals surface area contributed by atoms with E-state index in [4.69, 9.17) is 0 Å². The average molecular weight is 265 g/mol. The van der Waals surface area contributed by atoms with Crippen molar-refractivity contribution in [2.24, 2.45) is 0 Å². The summed E-state index contributed by atoms with van der Waals surface area (Å²) in [6.07, 6.45) is 2.28. The summed E-state index contributed by atoms with van der Waals surface area (Å²) >= 11 is 6.47. The van der Waals surface area contributed by atoms with E-state index < -0.39 is 0 Å². The molecule has 10 heavy (non-hydrogen) atoms. The van der Waals surface area contributed by atoms with Crippen molar-refractivity contribution in [3.63, 3.8) is 0 Å². The van der Waals surface area contributed by atoms with Gasteiger partial charge in [-0.3, -0.25) is 9.78 Å². The van der Waals surface area contributed by atoms with Gasteiger partial charge in [0.1, 0.15) is 5.69 Å². The zero-order valence-corrected chi connectivity index (χ0v) is 8.02. The number of pyridine rings is 1. The molecule has 2 nitrogen and oxygen atoms in total. The Morgan fingerprint density at radius 3 is 2.60 bits per heavy atom. The van der Waals surface area contributed by atoms with Crippen molar-refractivity contribution in [2.75, 3.05) is 0 Å². The van der Waals surface area contributed by atoms with Crippen molar-refractivity contribution in [3.05, 3.63) is 26.9 Å². The molecule has 0 aliphatic rings. The first-order chi connectivity index (χ1) is 4.74. The molecule has 0 spiro atoms. The lowest BCUT2D eigenvalue weighted by Gasteiger charge is -1.93. The second-order valence-electron chi connectivity index (χ2n) is 1.64.